The van der Waals surface area contributed by atoms with Crippen molar-refractivity contribution in [1.29, 1.82) is 0 Å². The van der Waals surface area contributed by atoms with Gasteiger partial charge in [-0.2, -0.15) is 0 Å². The molecule has 1 aromatic carbocycles. The van der Waals surface area contributed by atoms with Gasteiger partial charge in [-0.05, 0) is 56.7 Å². The number of likely N-dealkylation sites (tertiary alicyclic amines) is 1. The molecule has 0 spiro atoms. The summed E-state index contributed by atoms with van der Waals surface area (Å²) in [7, 11) is 0. The fourth-order valence-corrected chi connectivity index (χ4v) is 3.16. The lowest BCUT2D eigenvalue weighted by atomic mass is 9.99. The average Bonchev–Trinajstić information content (AvgIpc) is 2.54. The molecule has 0 saturated carbocycles. The minimum Gasteiger partial charge on any atom is -0.374 e. The van der Waals surface area contributed by atoms with Gasteiger partial charge in [-0.1, -0.05) is 26.0 Å². The van der Waals surface area contributed by atoms with Crippen molar-refractivity contribution < 1.29 is 4.79 Å². The summed E-state index contributed by atoms with van der Waals surface area (Å²) in [5.74, 6) is 0.239. The third-order valence-electron chi connectivity index (χ3n) is 4.47. The number of aryl methyl sites for hydroxylation is 1. The molecule has 0 aromatic heterocycles. The number of piperidine rings is 1. The van der Waals surface area contributed by atoms with E-state index in [1.807, 2.05) is 19.1 Å². The van der Waals surface area contributed by atoms with Crippen molar-refractivity contribution in [1.82, 2.24) is 4.90 Å². The SMILES string of the molecule is CCc1cccc(NC(C)C(=O)N2CCCCC2CC)c1. The van der Waals surface area contributed by atoms with Crippen LogP contribution in [-0.2, 0) is 11.2 Å². The van der Waals surface area contributed by atoms with Gasteiger partial charge in [-0.15, -0.1) is 0 Å². The maximum atomic E-state index is 12.7. The Bertz CT molecular complexity index is 472. The van der Waals surface area contributed by atoms with Crippen LogP contribution in [0.15, 0.2) is 24.3 Å². The Morgan fingerprint density at radius 3 is 2.90 bits per heavy atom. The monoisotopic (exact) mass is 288 g/mol. The first kappa shape index (κ1) is 15.9. The number of carbonyl (C=O) groups is 1. The summed E-state index contributed by atoms with van der Waals surface area (Å²) in [6.07, 6.45) is 5.62. The molecule has 1 fully saturated rings. The zero-order valence-electron chi connectivity index (χ0n) is 13.6. The predicted octanol–water partition coefficient (Wildman–Crippen LogP) is 3.84. The molecule has 1 heterocycles. The van der Waals surface area contributed by atoms with Gasteiger partial charge in [0.15, 0.2) is 0 Å². The molecule has 1 amide bonds. The van der Waals surface area contributed by atoms with E-state index in [-0.39, 0.29) is 11.9 Å². The normalized spacial score (nSPS) is 20.1. The van der Waals surface area contributed by atoms with Crippen LogP contribution in [0.3, 0.4) is 0 Å². The molecule has 1 saturated heterocycles. The quantitative estimate of drug-likeness (QED) is 0.893. The van der Waals surface area contributed by atoms with Crippen molar-refractivity contribution in [3.63, 3.8) is 0 Å². The highest BCUT2D eigenvalue weighted by atomic mass is 16.2. The first-order valence-electron chi connectivity index (χ1n) is 8.31. The van der Waals surface area contributed by atoms with Gasteiger partial charge in [0.2, 0.25) is 5.91 Å². The van der Waals surface area contributed by atoms with Crippen molar-refractivity contribution in [3.8, 4) is 0 Å². The highest BCUT2D eigenvalue weighted by Gasteiger charge is 2.28. The molecule has 3 heteroatoms. The number of rotatable bonds is 5. The molecule has 2 unspecified atom stereocenters. The van der Waals surface area contributed by atoms with E-state index >= 15 is 0 Å². The number of hydrogen-bond acceptors (Lipinski definition) is 2. The van der Waals surface area contributed by atoms with Crippen LogP contribution in [-0.4, -0.2) is 29.4 Å². The highest BCUT2D eigenvalue weighted by Crippen LogP contribution is 2.21. The summed E-state index contributed by atoms with van der Waals surface area (Å²) in [5.41, 5.74) is 2.34. The number of amides is 1. The molecule has 1 aliphatic heterocycles. The molecule has 2 atom stereocenters. The van der Waals surface area contributed by atoms with E-state index in [1.54, 1.807) is 0 Å². The highest BCUT2D eigenvalue weighted by molar-refractivity contribution is 5.84. The Morgan fingerprint density at radius 2 is 2.19 bits per heavy atom. The molecule has 2 rings (SSSR count). The van der Waals surface area contributed by atoms with E-state index in [4.69, 9.17) is 0 Å². The largest absolute Gasteiger partial charge is 0.374 e. The Morgan fingerprint density at radius 1 is 1.38 bits per heavy atom. The third kappa shape index (κ3) is 3.99. The van der Waals surface area contributed by atoms with E-state index in [2.05, 4.69) is 36.2 Å². The van der Waals surface area contributed by atoms with Crippen LogP contribution in [0.25, 0.3) is 0 Å². The lowest BCUT2D eigenvalue weighted by Gasteiger charge is -2.37. The number of nitrogens with zero attached hydrogens (tertiary/aromatic N) is 1. The van der Waals surface area contributed by atoms with Gasteiger partial charge in [0.25, 0.3) is 0 Å². The predicted molar refractivity (Wildman–Crippen MR) is 88.5 cm³/mol. The lowest BCUT2D eigenvalue weighted by Crippen LogP contribution is -2.49. The summed E-state index contributed by atoms with van der Waals surface area (Å²) in [6, 6.07) is 8.61. The number of hydrogen-bond donors (Lipinski definition) is 1. The zero-order chi connectivity index (χ0) is 15.2. The van der Waals surface area contributed by atoms with Crippen LogP contribution in [0.5, 0.6) is 0 Å². The Kier molecular flexibility index (Phi) is 5.66. The summed E-state index contributed by atoms with van der Waals surface area (Å²) in [4.78, 5) is 14.8. The van der Waals surface area contributed by atoms with Crippen LogP contribution in [0, 0.1) is 0 Å². The van der Waals surface area contributed by atoms with Gasteiger partial charge in [0.05, 0.1) is 0 Å². The van der Waals surface area contributed by atoms with Crippen LogP contribution < -0.4 is 5.32 Å². The van der Waals surface area contributed by atoms with E-state index in [0.29, 0.717) is 6.04 Å². The van der Waals surface area contributed by atoms with Gasteiger partial charge in [0.1, 0.15) is 6.04 Å². The summed E-state index contributed by atoms with van der Waals surface area (Å²) in [6.45, 7) is 7.22. The second kappa shape index (κ2) is 7.48. The number of carbonyl (C=O) groups excluding carboxylic acids is 1. The standard InChI is InChI=1S/C18H28N2O/c1-4-15-9-8-10-16(13-15)19-14(3)18(21)20-12-7-6-11-17(20)5-2/h8-10,13-14,17,19H,4-7,11-12H2,1-3H3. The van der Waals surface area contributed by atoms with Crippen molar-refractivity contribution in [3.05, 3.63) is 29.8 Å². The molecule has 116 valence electrons. The minimum absolute atomic E-state index is 0.163. The molecule has 21 heavy (non-hydrogen) atoms. The van der Waals surface area contributed by atoms with E-state index in [9.17, 15) is 4.79 Å². The van der Waals surface area contributed by atoms with Gasteiger partial charge in [-0.3, -0.25) is 4.79 Å². The second-order valence-corrected chi connectivity index (χ2v) is 6.01. The fourth-order valence-electron chi connectivity index (χ4n) is 3.16. The summed E-state index contributed by atoms with van der Waals surface area (Å²) >= 11 is 0. The summed E-state index contributed by atoms with van der Waals surface area (Å²) in [5, 5.41) is 3.37. The van der Waals surface area contributed by atoms with Crippen LogP contribution >= 0.6 is 0 Å². The van der Waals surface area contributed by atoms with Gasteiger partial charge < -0.3 is 10.2 Å². The second-order valence-electron chi connectivity index (χ2n) is 6.01. The van der Waals surface area contributed by atoms with Crippen molar-refractivity contribution in [2.75, 3.05) is 11.9 Å². The number of nitrogens with one attached hydrogen (secondary N) is 1. The van der Waals surface area contributed by atoms with Gasteiger partial charge in [0, 0.05) is 18.3 Å². The Labute approximate surface area is 128 Å². The van der Waals surface area contributed by atoms with Crippen LogP contribution in [0.2, 0.25) is 0 Å². The van der Waals surface area contributed by atoms with Crippen molar-refractivity contribution >= 4 is 11.6 Å². The van der Waals surface area contributed by atoms with Crippen LogP contribution in [0.1, 0.15) is 52.0 Å². The molecule has 3 nitrogen and oxygen atoms in total. The average molecular weight is 288 g/mol. The molecular weight excluding hydrogens is 260 g/mol. The fraction of sp³-hybridized carbons (Fsp3) is 0.611. The van der Waals surface area contributed by atoms with Gasteiger partial charge in [-0.25, -0.2) is 0 Å². The first-order chi connectivity index (χ1) is 10.2. The Balaban J connectivity index is 2.01. The molecule has 1 N–H and O–H groups in total. The number of anilines is 1. The number of benzene rings is 1. The minimum atomic E-state index is -0.163. The van der Waals surface area contributed by atoms with Crippen LogP contribution in [0.4, 0.5) is 5.69 Å². The molecular formula is C18H28N2O. The van der Waals surface area contributed by atoms with E-state index in [0.717, 1.165) is 37.9 Å². The maximum Gasteiger partial charge on any atom is 0.245 e. The van der Waals surface area contributed by atoms with Crippen molar-refractivity contribution in [2.24, 2.45) is 0 Å². The molecule has 1 aliphatic rings. The Hall–Kier alpha value is -1.51. The molecule has 1 aromatic rings. The summed E-state index contributed by atoms with van der Waals surface area (Å²) < 4.78 is 0. The van der Waals surface area contributed by atoms with E-state index in [1.165, 1.54) is 12.0 Å². The molecule has 0 aliphatic carbocycles. The third-order valence-corrected chi connectivity index (χ3v) is 4.47. The maximum absolute atomic E-state index is 12.7. The smallest absolute Gasteiger partial charge is 0.245 e. The topological polar surface area (TPSA) is 32.3 Å². The van der Waals surface area contributed by atoms with Crippen molar-refractivity contribution in [2.45, 2.75) is 65.0 Å². The first-order valence-corrected chi connectivity index (χ1v) is 8.31. The van der Waals surface area contributed by atoms with Gasteiger partial charge >= 0.3 is 0 Å². The lowest BCUT2D eigenvalue weighted by molar-refractivity contribution is -0.135. The molecule has 0 radical (unpaired) electrons. The van der Waals surface area contributed by atoms with E-state index < -0.39 is 0 Å². The molecule has 0 bridgehead atoms. The zero-order valence-corrected chi connectivity index (χ0v) is 13.6.